The molecule has 0 aliphatic carbocycles. The van der Waals surface area contributed by atoms with Gasteiger partial charge in [0, 0.05) is 50.0 Å². The monoisotopic (exact) mass is 384 g/mol. The number of hydrogen-bond acceptors (Lipinski definition) is 7. The molecule has 1 saturated heterocycles. The second kappa shape index (κ2) is 8.20. The van der Waals surface area contributed by atoms with Gasteiger partial charge in [0.2, 0.25) is 0 Å². The number of aromatic nitrogens is 2. The van der Waals surface area contributed by atoms with E-state index < -0.39 is 4.92 Å². The summed E-state index contributed by atoms with van der Waals surface area (Å²) in [6.07, 6.45) is 1.73. The number of benzene rings is 1. The van der Waals surface area contributed by atoms with Crippen LogP contribution in [-0.4, -0.2) is 53.0 Å². The first-order valence-corrected chi connectivity index (χ1v) is 9.24. The molecule has 1 aromatic carbocycles. The Morgan fingerprint density at radius 1 is 1.18 bits per heavy atom. The predicted molar refractivity (Wildman–Crippen MR) is 107 cm³/mol. The summed E-state index contributed by atoms with van der Waals surface area (Å²) in [5, 5.41) is 14.4. The number of nitrogens with zero attached hydrogens (tertiary/aromatic N) is 5. The van der Waals surface area contributed by atoms with Crippen molar-refractivity contribution in [1.29, 1.82) is 0 Å². The van der Waals surface area contributed by atoms with Gasteiger partial charge in [0.05, 0.1) is 4.92 Å². The molecule has 1 fully saturated rings. The van der Waals surface area contributed by atoms with Crippen LogP contribution in [0.2, 0.25) is 0 Å². The summed E-state index contributed by atoms with van der Waals surface area (Å²) < 4.78 is 0. The lowest BCUT2D eigenvalue weighted by Crippen LogP contribution is -2.47. The Morgan fingerprint density at radius 3 is 2.46 bits per heavy atom. The first-order chi connectivity index (χ1) is 13.3. The van der Waals surface area contributed by atoms with Crippen molar-refractivity contribution >= 4 is 23.1 Å². The molecule has 0 saturated carbocycles. The van der Waals surface area contributed by atoms with Gasteiger partial charge in [0.1, 0.15) is 17.3 Å². The van der Waals surface area contributed by atoms with E-state index in [2.05, 4.69) is 20.2 Å². The van der Waals surface area contributed by atoms with E-state index in [1.54, 1.807) is 18.3 Å². The Balaban J connectivity index is 1.76. The minimum Gasteiger partial charge on any atom is -0.362 e. The summed E-state index contributed by atoms with van der Waals surface area (Å²) in [6, 6.07) is 6.49. The highest BCUT2D eigenvalue weighted by Crippen LogP contribution is 2.30. The number of hydrogen-bond donors (Lipinski definition) is 1. The maximum absolute atomic E-state index is 12.2. The zero-order valence-corrected chi connectivity index (χ0v) is 16.3. The molecule has 0 radical (unpaired) electrons. The van der Waals surface area contributed by atoms with Gasteiger partial charge in [-0.15, -0.1) is 0 Å². The lowest BCUT2D eigenvalue weighted by atomic mass is 10.1. The Bertz CT molecular complexity index is 878. The van der Waals surface area contributed by atoms with Crippen molar-refractivity contribution in [2.45, 2.75) is 26.8 Å². The highest BCUT2D eigenvalue weighted by Gasteiger charge is 2.25. The number of piperazine rings is 1. The van der Waals surface area contributed by atoms with Crippen molar-refractivity contribution in [3.05, 3.63) is 52.0 Å². The molecular formula is C19H24N6O3. The minimum absolute atomic E-state index is 0.0373. The Labute approximate surface area is 163 Å². The third kappa shape index (κ3) is 4.36. The molecule has 2 aromatic rings. The van der Waals surface area contributed by atoms with Gasteiger partial charge in [-0.2, -0.15) is 0 Å². The molecule has 9 heteroatoms. The molecule has 9 nitrogen and oxygen atoms in total. The van der Waals surface area contributed by atoms with E-state index in [0.717, 1.165) is 5.82 Å². The average molecular weight is 384 g/mol. The number of amides is 1. The number of nitrogens with one attached hydrogen (secondary N) is 1. The Morgan fingerprint density at radius 2 is 1.86 bits per heavy atom. The van der Waals surface area contributed by atoms with Gasteiger partial charge in [-0.25, -0.2) is 9.97 Å². The van der Waals surface area contributed by atoms with Gasteiger partial charge < -0.3 is 15.1 Å². The third-order valence-electron chi connectivity index (χ3n) is 4.56. The van der Waals surface area contributed by atoms with E-state index in [0.29, 0.717) is 43.3 Å². The molecule has 1 aliphatic rings. The molecule has 28 heavy (non-hydrogen) atoms. The SMILES string of the molecule is Cc1nccc(N2CCN(c3ccc(C(=O)NC(C)C)cc3[N+](=O)[O-])CC2)n1. The molecule has 1 amide bonds. The molecule has 0 atom stereocenters. The van der Waals surface area contributed by atoms with Gasteiger partial charge >= 0.3 is 0 Å². The number of aryl methyl sites for hydroxylation is 1. The van der Waals surface area contributed by atoms with Gasteiger partial charge in [0.25, 0.3) is 11.6 Å². The van der Waals surface area contributed by atoms with Crippen LogP contribution in [0.5, 0.6) is 0 Å². The van der Waals surface area contributed by atoms with Crippen molar-refractivity contribution in [3.63, 3.8) is 0 Å². The largest absolute Gasteiger partial charge is 0.362 e. The van der Waals surface area contributed by atoms with E-state index in [4.69, 9.17) is 0 Å². The number of anilines is 2. The molecular weight excluding hydrogens is 360 g/mol. The zero-order chi connectivity index (χ0) is 20.3. The van der Waals surface area contributed by atoms with E-state index in [9.17, 15) is 14.9 Å². The summed E-state index contributed by atoms with van der Waals surface area (Å²) in [7, 11) is 0. The summed E-state index contributed by atoms with van der Waals surface area (Å²) in [6.45, 7) is 8.19. The molecule has 1 aromatic heterocycles. The van der Waals surface area contributed by atoms with Crippen LogP contribution in [0.25, 0.3) is 0 Å². The molecule has 148 valence electrons. The van der Waals surface area contributed by atoms with Gasteiger partial charge in [0.15, 0.2) is 0 Å². The first-order valence-electron chi connectivity index (χ1n) is 9.24. The highest BCUT2D eigenvalue weighted by molar-refractivity contribution is 5.96. The van der Waals surface area contributed by atoms with Crippen LogP contribution in [0, 0.1) is 17.0 Å². The van der Waals surface area contributed by atoms with Crippen LogP contribution in [0.15, 0.2) is 30.5 Å². The van der Waals surface area contributed by atoms with Gasteiger partial charge in [-0.3, -0.25) is 14.9 Å². The van der Waals surface area contributed by atoms with Crippen molar-refractivity contribution in [1.82, 2.24) is 15.3 Å². The van der Waals surface area contributed by atoms with Crippen LogP contribution in [0.1, 0.15) is 30.0 Å². The first kappa shape index (κ1) is 19.5. The van der Waals surface area contributed by atoms with Crippen molar-refractivity contribution < 1.29 is 9.72 Å². The summed E-state index contributed by atoms with van der Waals surface area (Å²) >= 11 is 0. The van der Waals surface area contributed by atoms with Gasteiger partial charge in [-0.1, -0.05) is 0 Å². The van der Waals surface area contributed by atoms with E-state index in [1.807, 2.05) is 31.7 Å². The molecule has 1 aliphatic heterocycles. The zero-order valence-electron chi connectivity index (χ0n) is 16.3. The molecule has 2 heterocycles. The minimum atomic E-state index is -0.429. The fraction of sp³-hybridized carbons (Fsp3) is 0.421. The number of rotatable bonds is 5. The standard InChI is InChI=1S/C19H24N6O3/c1-13(2)21-19(26)15-4-5-16(17(12-15)25(27)28)23-8-10-24(11-9-23)18-6-7-20-14(3)22-18/h4-7,12-13H,8-11H2,1-3H3,(H,21,26). The second-order valence-corrected chi connectivity index (χ2v) is 7.02. The van der Waals surface area contributed by atoms with E-state index in [-0.39, 0.29) is 17.6 Å². The smallest absolute Gasteiger partial charge is 0.293 e. The van der Waals surface area contributed by atoms with Crippen LogP contribution >= 0.6 is 0 Å². The quantitative estimate of drug-likeness (QED) is 0.622. The van der Waals surface area contributed by atoms with Crippen molar-refractivity contribution in [2.24, 2.45) is 0 Å². The summed E-state index contributed by atoms with van der Waals surface area (Å²) in [4.78, 5) is 36.0. The van der Waals surface area contributed by atoms with Crippen molar-refractivity contribution in [2.75, 3.05) is 36.0 Å². The Kier molecular flexibility index (Phi) is 5.72. The van der Waals surface area contributed by atoms with Crippen LogP contribution in [0.4, 0.5) is 17.2 Å². The lowest BCUT2D eigenvalue weighted by Gasteiger charge is -2.36. The molecule has 1 N–H and O–H groups in total. The maximum atomic E-state index is 12.2. The highest BCUT2D eigenvalue weighted by atomic mass is 16.6. The molecule has 3 rings (SSSR count). The topological polar surface area (TPSA) is 105 Å². The Hall–Kier alpha value is -3.23. The third-order valence-corrected chi connectivity index (χ3v) is 4.56. The van der Waals surface area contributed by atoms with E-state index in [1.165, 1.54) is 6.07 Å². The predicted octanol–water partition coefficient (Wildman–Crippen LogP) is 2.16. The summed E-state index contributed by atoms with van der Waals surface area (Å²) in [5.74, 6) is 1.27. The van der Waals surface area contributed by atoms with Gasteiger partial charge in [-0.05, 0) is 39.0 Å². The normalized spacial score (nSPS) is 14.3. The number of carbonyl (C=O) groups is 1. The van der Waals surface area contributed by atoms with Crippen LogP contribution in [0.3, 0.4) is 0 Å². The van der Waals surface area contributed by atoms with Crippen LogP contribution < -0.4 is 15.1 Å². The van der Waals surface area contributed by atoms with Crippen molar-refractivity contribution in [3.8, 4) is 0 Å². The fourth-order valence-corrected chi connectivity index (χ4v) is 3.22. The fourth-order valence-electron chi connectivity index (χ4n) is 3.22. The average Bonchev–Trinajstić information content (AvgIpc) is 2.67. The molecule has 0 bridgehead atoms. The van der Waals surface area contributed by atoms with E-state index >= 15 is 0 Å². The number of nitro benzene ring substituents is 1. The molecule has 0 unspecified atom stereocenters. The molecule has 0 spiro atoms. The maximum Gasteiger partial charge on any atom is 0.293 e. The second-order valence-electron chi connectivity index (χ2n) is 7.02. The number of nitro groups is 1. The summed E-state index contributed by atoms with van der Waals surface area (Å²) in [5.41, 5.74) is 0.770. The lowest BCUT2D eigenvalue weighted by molar-refractivity contribution is -0.384. The van der Waals surface area contributed by atoms with Crippen LogP contribution in [-0.2, 0) is 0 Å². The number of carbonyl (C=O) groups excluding carboxylic acids is 1.